The summed E-state index contributed by atoms with van der Waals surface area (Å²) in [5.41, 5.74) is 2.13. The summed E-state index contributed by atoms with van der Waals surface area (Å²) in [7, 11) is 0. The summed E-state index contributed by atoms with van der Waals surface area (Å²) in [5.74, 6) is 0.682. The summed E-state index contributed by atoms with van der Waals surface area (Å²) in [4.78, 5) is 0. The highest BCUT2D eigenvalue weighted by Gasteiger charge is 2.11. The Morgan fingerprint density at radius 2 is 1.67 bits per heavy atom. The number of rotatable bonds is 6. The largest absolute Gasteiger partial charge is 0.494 e. The van der Waals surface area contributed by atoms with E-state index in [1.807, 2.05) is 32.0 Å². The Balaban J connectivity index is 2.01. The first-order chi connectivity index (χ1) is 10.1. The average Bonchev–Trinajstić information content (AvgIpc) is 2.48. The molecule has 2 nitrogen and oxygen atoms in total. The van der Waals surface area contributed by atoms with E-state index in [9.17, 15) is 4.39 Å². The van der Waals surface area contributed by atoms with Gasteiger partial charge in [-0.2, -0.15) is 0 Å². The molecule has 0 aliphatic heterocycles. The summed E-state index contributed by atoms with van der Waals surface area (Å²) in [6.45, 7) is 6.79. The minimum atomic E-state index is -0.199. The van der Waals surface area contributed by atoms with Gasteiger partial charge in [0.2, 0.25) is 0 Å². The van der Waals surface area contributed by atoms with Gasteiger partial charge in [-0.05, 0) is 56.2 Å². The molecule has 0 aliphatic carbocycles. The van der Waals surface area contributed by atoms with Crippen LogP contribution in [-0.4, -0.2) is 6.61 Å². The van der Waals surface area contributed by atoms with Crippen molar-refractivity contribution in [1.29, 1.82) is 0 Å². The molecule has 1 N–H and O–H groups in total. The van der Waals surface area contributed by atoms with Gasteiger partial charge >= 0.3 is 0 Å². The van der Waals surface area contributed by atoms with Crippen LogP contribution in [0.2, 0.25) is 0 Å². The van der Waals surface area contributed by atoms with Gasteiger partial charge in [-0.1, -0.05) is 24.3 Å². The topological polar surface area (TPSA) is 21.3 Å². The Hall–Kier alpha value is -1.87. The first-order valence-corrected chi connectivity index (χ1v) is 7.34. The average molecular weight is 287 g/mol. The van der Waals surface area contributed by atoms with Gasteiger partial charge < -0.3 is 10.1 Å². The number of hydrogen-bond donors (Lipinski definition) is 1. The zero-order valence-corrected chi connectivity index (χ0v) is 12.8. The van der Waals surface area contributed by atoms with Crippen LogP contribution in [0.1, 0.15) is 44.0 Å². The van der Waals surface area contributed by atoms with Crippen LogP contribution in [0.15, 0.2) is 48.5 Å². The molecule has 2 rings (SSSR count). The lowest BCUT2D eigenvalue weighted by atomic mass is 10.0. The Morgan fingerprint density at radius 1 is 1.00 bits per heavy atom. The highest BCUT2D eigenvalue weighted by Crippen LogP contribution is 2.22. The maximum absolute atomic E-state index is 13.3. The molecule has 2 aromatic carbocycles. The highest BCUT2D eigenvalue weighted by atomic mass is 19.1. The lowest BCUT2D eigenvalue weighted by molar-refractivity contribution is 0.340. The van der Waals surface area contributed by atoms with E-state index in [1.165, 1.54) is 11.6 Å². The monoisotopic (exact) mass is 287 g/mol. The molecule has 0 amide bonds. The van der Waals surface area contributed by atoms with Gasteiger partial charge in [0.25, 0.3) is 0 Å². The zero-order chi connectivity index (χ0) is 15.2. The van der Waals surface area contributed by atoms with Gasteiger partial charge in [-0.3, -0.25) is 0 Å². The predicted octanol–water partition coefficient (Wildman–Crippen LogP) is 4.64. The van der Waals surface area contributed by atoms with Crippen molar-refractivity contribution in [3.05, 3.63) is 65.5 Å². The molecular formula is C18H22FNO. The van der Waals surface area contributed by atoms with Crippen molar-refractivity contribution in [1.82, 2.24) is 5.32 Å². The summed E-state index contributed by atoms with van der Waals surface area (Å²) in [5, 5.41) is 3.48. The third kappa shape index (κ3) is 4.30. The van der Waals surface area contributed by atoms with Crippen LogP contribution >= 0.6 is 0 Å². The molecule has 0 spiro atoms. The van der Waals surface area contributed by atoms with Crippen LogP contribution in [0, 0.1) is 5.82 Å². The normalized spacial score (nSPS) is 13.7. The van der Waals surface area contributed by atoms with Gasteiger partial charge in [0.15, 0.2) is 0 Å². The van der Waals surface area contributed by atoms with E-state index < -0.39 is 0 Å². The molecule has 0 fully saturated rings. The van der Waals surface area contributed by atoms with E-state index in [-0.39, 0.29) is 17.9 Å². The van der Waals surface area contributed by atoms with E-state index in [4.69, 9.17) is 4.74 Å². The molecule has 0 heterocycles. The van der Waals surface area contributed by atoms with Crippen molar-refractivity contribution in [3.63, 3.8) is 0 Å². The molecule has 0 aliphatic rings. The van der Waals surface area contributed by atoms with Gasteiger partial charge in [0, 0.05) is 12.1 Å². The second kappa shape index (κ2) is 7.23. The fourth-order valence-electron chi connectivity index (χ4n) is 2.36. The summed E-state index contributed by atoms with van der Waals surface area (Å²) in [6, 6.07) is 15.0. The molecular weight excluding hydrogens is 265 g/mol. The molecule has 0 bridgehead atoms. The standard InChI is InChI=1S/C18H22FNO/c1-4-21-18-10-8-15(9-11-18)13(2)20-14(3)16-6-5-7-17(19)12-16/h5-14,20H,4H2,1-3H3/t13?,14-/m1/s1. The molecule has 3 heteroatoms. The van der Waals surface area contributed by atoms with Crippen molar-refractivity contribution in [2.24, 2.45) is 0 Å². The van der Waals surface area contributed by atoms with Crippen LogP contribution in [0.3, 0.4) is 0 Å². The molecule has 0 radical (unpaired) electrons. The third-order valence-electron chi connectivity index (χ3n) is 3.54. The number of halogens is 1. The van der Waals surface area contributed by atoms with Gasteiger partial charge in [0.1, 0.15) is 11.6 Å². The van der Waals surface area contributed by atoms with Crippen LogP contribution in [-0.2, 0) is 0 Å². The number of ether oxygens (including phenoxy) is 1. The van der Waals surface area contributed by atoms with Crippen molar-refractivity contribution in [2.45, 2.75) is 32.9 Å². The van der Waals surface area contributed by atoms with Crippen molar-refractivity contribution >= 4 is 0 Å². The lowest BCUT2D eigenvalue weighted by Crippen LogP contribution is -2.22. The SMILES string of the molecule is CCOc1ccc(C(C)N[C@H](C)c2cccc(F)c2)cc1. The van der Waals surface area contributed by atoms with Gasteiger partial charge in [0.05, 0.1) is 6.61 Å². The molecule has 112 valence electrons. The van der Waals surface area contributed by atoms with Gasteiger partial charge in [-0.25, -0.2) is 4.39 Å². The van der Waals surface area contributed by atoms with Crippen molar-refractivity contribution < 1.29 is 9.13 Å². The van der Waals surface area contributed by atoms with Gasteiger partial charge in [-0.15, -0.1) is 0 Å². The second-order valence-electron chi connectivity index (χ2n) is 5.17. The van der Waals surface area contributed by atoms with Crippen LogP contribution < -0.4 is 10.1 Å². The van der Waals surface area contributed by atoms with Crippen molar-refractivity contribution in [3.8, 4) is 5.75 Å². The Labute approximate surface area is 126 Å². The maximum Gasteiger partial charge on any atom is 0.123 e. The summed E-state index contributed by atoms with van der Waals surface area (Å²) < 4.78 is 18.7. The van der Waals surface area contributed by atoms with E-state index in [1.54, 1.807) is 12.1 Å². The molecule has 2 atom stereocenters. The van der Waals surface area contributed by atoms with Crippen LogP contribution in [0.4, 0.5) is 4.39 Å². The minimum absolute atomic E-state index is 0.0854. The first-order valence-electron chi connectivity index (χ1n) is 7.34. The van der Waals surface area contributed by atoms with Crippen molar-refractivity contribution in [2.75, 3.05) is 6.61 Å². The Kier molecular flexibility index (Phi) is 5.34. The number of benzene rings is 2. The molecule has 21 heavy (non-hydrogen) atoms. The quantitative estimate of drug-likeness (QED) is 0.836. The Bertz CT molecular complexity index is 568. The number of hydrogen-bond acceptors (Lipinski definition) is 2. The predicted molar refractivity (Wildman–Crippen MR) is 84.0 cm³/mol. The minimum Gasteiger partial charge on any atom is -0.494 e. The van der Waals surface area contributed by atoms with E-state index >= 15 is 0 Å². The first kappa shape index (κ1) is 15.5. The lowest BCUT2D eigenvalue weighted by Gasteiger charge is -2.21. The number of nitrogens with one attached hydrogen (secondary N) is 1. The second-order valence-corrected chi connectivity index (χ2v) is 5.17. The molecule has 0 saturated carbocycles. The fourth-order valence-corrected chi connectivity index (χ4v) is 2.36. The molecule has 0 aromatic heterocycles. The van der Waals surface area contributed by atoms with E-state index in [0.29, 0.717) is 6.61 Å². The Morgan fingerprint density at radius 3 is 2.29 bits per heavy atom. The zero-order valence-electron chi connectivity index (χ0n) is 12.8. The highest BCUT2D eigenvalue weighted by molar-refractivity contribution is 5.29. The van der Waals surface area contributed by atoms with Crippen LogP contribution in [0.5, 0.6) is 5.75 Å². The fraction of sp³-hybridized carbons (Fsp3) is 0.333. The molecule has 1 unspecified atom stereocenters. The summed E-state index contributed by atoms with van der Waals surface area (Å²) in [6.07, 6.45) is 0. The van der Waals surface area contributed by atoms with E-state index in [2.05, 4.69) is 24.4 Å². The molecule has 2 aromatic rings. The van der Waals surface area contributed by atoms with E-state index in [0.717, 1.165) is 11.3 Å². The third-order valence-corrected chi connectivity index (χ3v) is 3.54. The summed E-state index contributed by atoms with van der Waals surface area (Å²) >= 11 is 0. The van der Waals surface area contributed by atoms with Crippen LogP contribution in [0.25, 0.3) is 0 Å². The smallest absolute Gasteiger partial charge is 0.123 e. The maximum atomic E-state index is 13.3. The molecule has 0 saturated heterocycles.